The summed E-state index contributed by atoms with van der Waals surface area (Å²) >= 11 is 6.32. The average Bonchev–Trinajstić information content (AvgIpc) is 3.08. The van der Waals surface area contributed by atoms with Crippen LogP contribution in [0.2, 0.25) is 0 Å². The minimum absolute atomic E-state index is 0.288. The fourth-order valence-corrected chi connectivity index (χ4v) is 3.98. The summed E-state index contributed by atoms with van der Waals surface area (Å²) in [7, 11) is 0. The molecule has 3 atom stereocenters. The zero-order chi connectivity index (χ0) is 15.5. The van der Waals surface area contributed by atoms with E-state index in [2.05, 4.69) is 30.3 Å². The van der Waals surface area contributed by atoms with Gasteiger partial charge in [-0.25, -0.2) is 4.79 Å². The monoisotopic (exact) mass is 316 g/mol. The zero-order valence-electron chi connectivity index (χ0n) is 12.8. The van der Waals surface area contributed by atoms with Crippen molar-refractivity contribution in [3.05, 3.63) is 58.7 Å². The van der Waals surface area contributed by atoms with Crippen LogP contribution in [0, 0.1) is 17.8 Å². The summed E-state index contributed by atoms with van der Waals surface area (Å²) in [5.41, 5.74) is 2.55. The molecule has 3 heteroatoms. The van der Waals surface area contributed by atoms with Crippen LogP contribution in [0.5, 0.6) is 0 Å². The van der Waals surface area contributed by atoms with Crippen LogP contribution in [0.1, 0.15) is 25.3 Å². The van der Waals surface area contributed by atoms with Gasteiger partial charge < -0.3 is 4.74 Å². The molecular formula is C19H21ClO2. The molecule has 2 nitrogen and oxygen atoms in total. The Hall–Kier alpha value is -1.54. The number of hydrogen-bond acceptors (Lipinski definition) is 2. The zero-order valence-corrected chi connectivity index (χ0v) is 13.6. The Morgan fingerprint density at radius 3 is 2.86 bits per heavy atom. The van der Waals surface area contributed by atoms with E-state index in [1.165, 1.54) is 18.1 Å². The number of hydrogen-bond donors (Lipinski definition) is 0. The second-order valence-electron chi connectivity index (χ2n) is 6.03. The number of fused-ring (bicyclic) bond motifs is 1. The first kappa shape index (κ1) is 15.4. The Labute approximate surface area is 136 Å². The number of halogens is 1. The Kier molecular flexibility index (Phi) is 4.68. The predicted molar refractivity (Wildman–Crippen MR) is 88.5 cm³/mol. The molecule has 2 aliphatic carbocycles. The molecule has 3 rings (SSSR count). The van der Waals surface area contributed by atoms with Crippen molar-refractivity contribution in [1.82, 2.24) is 0 Å². The molecule has 0 saturated heterocycles. The van der Waals surface area contributed by atoms with Crippen LogP contribution in [0.3, 0.4) is 0 Å². The lowest BCUT2D eigenvalue weighted by Gasteiger charge is -2.06. The molecule has 0 N–H and O–H groups in total. The lowest BCUT2D eigenvalue weighted by atomic mass is 10.0. The molecule has 1 saturated carbocycles. The summed E-state index contributed by atoms with van der Waals surface area (Å²) in [5.74, 6) is 1.65. The topological polar surface area (TPSA) is 26.3 Å². The number of esters is 1. The van der Waals surface area contributed by atoms with Crippen LogP contribution in [0.4, 0.5) is 0 Å². The smallest absolute Gasteiger partial charge is 0.330 e. The van der Waals surface area contributed by atoms with Crippen LogP contribution in [0.25, 0.3) is 0 Å². The van der Waals surface area contributed by atoms with Gasteiger partial charge in [-0.1, -0.05) is 48.0 Å². The van der Waals surface area contributed by atoms with E-state index in [0.717, 1.165) is 23.4 Å². The fraction of sp³-hybridized carbons (Fsp3) is 0.421. The minimum Gasteiger partial charge on any atom is -0.463 e. The quantitative estimate of drug-likeness (QED) is 0.570. The molecule has 1 aromatic rings. The molecule has 116 valence electrons. The van der Waals surface area contributed by atoms with Gasteiger partial charge in [0.2, 0.25) is 0 Å². The molecule has 1 fully saturated rings. The highest BCUT2D eigenvalue weighted by atomic mass is 35.5. The van der Waals surface area contributed by atoms with E-state index in [1.54, 1.807) is 0 Å². The van der Waals surface area contributed by atoms with E-state index >= 15 is 0 Å². The third kappa shape index (κ3) is 3.27. The second kappa shape index (κ2) is 6.70. The van der Waals surface area contributed by atoms with Gasteiger partial charge in [0.1, 0.15) is 0 Å². The van der Waals surface area contributed by atoms with E-state index < -0.39 is 0 Å². The van der Waals surface area contributed by atoms with Crippen LogP contribution < -0.4 is 0 Å². The molecule has 0 aromatic heterocycles. The highest BCUT2D eigenvalue weighted by Crippen LogP contribution is 2.62. The Balaban J connectivity index is 1.56. The van der Waals surface area contributed by atoms with Gasteiger partial charge in [-0.15, -0.1) is 0 Å². The Bertz CT molecular complexity index is 603. The summed E-state index contributed by atoms with van der Waals surface area (Å²) in [6.07, 6.45) is 6.66. The molecule has 0 bridgehead atoms. The van der Waals surface area contributed by atoms with Crippen molar-refractivity contribution in [3.8, 4) is 0 Å². The fourth-order valence-electron chi connectivity index (χ4n) is 3.61. The minimum atomic E-state index is -0.288. The number of benzene rings is 1. The third-order valence-electron chi connectivity index (χ3n) is 4.71. The predicted octanol–water partition coefficient (Wildman–Crippen LogP) is 4.50. The average molecular weight is 317 g/mol. The van der Waals surface area contributed by atoms with Crippen molar-refractivity contribution >= 4 is 17.6 Å². The van der Waals surface area contributed by atoms with Crippen molar-refractivity contribution < 1.29 is 9.53 Å². The summed E-state index contributed by atoms with van der Waals surface area (Å²) in [4.78, 5) is 11.4. The van der Waals surface area contributed by atoms with E-state index in [1.807, 2.05) is 13.0 Å². The van der Waals surface area contributed by atoms with E-state index in [0.29, 0.717) is 24.4 Å². The van der Waals surface area contributed by atoms with Gasteiger partial charge in [0.25, 0.3) is 0 Å². The molecule has 2 aliphatic rings. The maximum absolute atomic E-state index is 11.4. The largest absolute Gasteiger partial charge is 0.463 e. The molecular weight excluding hydrogens is 296 g/mol. The van der Waals surface area contributed by atoms with Crippen molar-refractivity contribution in [3.63, 3.8) is 0 Å². The van der Waals surface area contributed by atoms with Gasteiger partial charge in [-0.05, 0) is 55.1 Å². The first-order valence-corrected chi connectivity index (χ1v) is 8.35. The summed E-state index contributed by atoms with van der Waals surface area (Å²) < 4.78 is 4.93. The van der Waals surface area contributed by atoms with Crippen LogP contribution >= 0.6 is 11.6 Å². The van der Waals surface area contributed by atoms with E-state index in [-0.39, 0.29) is 5.97 Å². The molecule has 0 aliphatic heterocycles. The molecule has 22 heavy (non-hydrogen) atoms. The number of rotatable bonds is 6. The number of carbonyl (C=O) groups excluding carboxylic acids is 1. The molecule has 2 unspecified atom stereocenters. The summed E-state index contributed by atoms with van der Waals surface area (Å²) in [5, 5.41) is 0.923. The highest BCUT2D eigenvalue weighted by Gasteiger charge is 2.55. The molecule has 0 radical (unpaired) electrons. The third-order valence-corrected chi connectivity index (χ3v) is 5.09. The summed E-state index contributed by atoms with van der Waals surface area (Å²) in [6.45, 7) is 2.21. The van der Waals surface area contributed by atoms with Crippen molar-refractivity contribution in [2.45, 2.75) is 26.2 Å². The lowest BCUT2D eigenvalue weighted by Crippen LogP contribution is -2.00. The maximum atomic E-state index is 11.4. The lowest BCUT2D eigenvalue weighted by molar-refractivity contribution is -0.137. The Morgan fingerprint density at radius 1 is 1.36 bits per heavy atom. The Morgan fingerprint density at radius 2 is 2.14 bits per heavy atom. The molecule has 0 amide bonds. The number of allylic oxidation sites excluding steroid dienone is 3. The molecule has 0 heterocycles. The first-order valence-electron chi connectivity index (χ1n) is 7.98. The van der Waals surface area contributed by atoms with E-state index in [9.17, 15) is 4.79 Å². The SMILES string of the molecule is CCOC(=O)/C=C/C1=C(Cl)C[C@@H]2C(CCc3ccccc3)C12. The van der Waals surface area contributed by atoms with Crippen LogP contribution in [-0.2, 0) is 16.0 Å². The summed E-state index contributed by atoms with van der Waals surface area (Å²) in [6, 6.07) is 10.6. The van der Waals surface area contributed by atoms with E-state index in [4.69, 9.17) is 16.3 Å². The van der Waals surface area contributed by atoms with Crippen molar-refractivity contribution in [2.75, 3.05) is 6.61 Å². The number of aryl methyl sites for hydroxylation is 1. The van der Waals surface area contributed by atoms with Gasteiger partial charge >= 0.3 is 5.97 Å². The van der Waals surface area contributed by atoms with Gasteiger partial charge in [0.15, 0.2) is 0 Å². The maximum Gasteiger partial charge on any atom is 0.330 e. The van der Waals surface area contributed by atoms with Crippen LogP contribution in [-0.4, -0.2) is 12.6 Å². The van der Waals surface area contributed by atoms with Crippen molar-refractivity contribution in [1.29, 1.82) is 0 Å². The number of carbonyl (C=O) groups is 1. The van der Waals surface area contributed by atoms with Gasteiger partial charge in [-0.3, -0.25) is 0 Å². The van der Waals surface area contributed by atoms with Crippen LogP contribution in [0.15, 0.2) is 53.1 Å². The van der Waals surface area contributed by atoms with Gasteiger partial charge in [-0.2, -0.15) is 0 Å². The molecule has 0 spiro atoms. The molecule has 1 aromatic carbocycles. The highest BCUT2D eigenvalue weighted by molar-refractivity contribution is 6.30. The standard InChI is InChI=1S/C19H21ClO2/c1-2-22-18(21)11-10-15-17(20)12-16-14(19(15)16)9-8-13-6-4-3-5-7-13/h3-7,10-11,14,16,19H,2,8-9,12H2,1H3/b11-10+/t14?,16-,19?/m1/s1. The normalized spacial score (nSPS) is 26.4. The van der Waals surface area contributed by atoms with Gasteiger partial charge in [0, 0.05) is 11.1 Å². The second-order valence-corrected chi connectivity index (χ2v) is 6.48. The van der Waals surface area contributed by atoms with Gasteiger partial charge in [0.05, 0.1) is 6.61 Å². The van der Waals surface area contributed by atoms with Crippen molar-refractivity contribution in [2.24, 2.45) is 17.8 Å². The first-order chi connectivity index (χ1) is 10.7. The number of ether oxygens (including phenoxy) is 1.